The van der Waals surface area contributed by atoms with Crippen molar-refractivity contribution in [2.75, 3.05) is 0 Å². The van der Waals surface area contributed by atoms with Crippen molar-refractivity contribution >= 4 is 60.8 Å². The van der Waals surface area contributed by atoms with Crippen LogP contribution in [0.1, 0.15) is 31.3 Å². The van der Waals surface area contributed by atoms with Gasteiger partial charge in [0.15, 0.2) is 0 Å². The van der Waals surface area contributed by atoms with Crippen LogP contribution in [0, 0.1) is 20.8 Å². The summed E-state index contributed by atoms with van der Waals surface area (Å²) in [5.74, 6) is -15.9. The smallest absolute Gasteiger partial charge is 0.250 e. The van der Waals surface area contributed by atoms with Crippen molar-refractivity contribution in [2.45, 2.75) is 43.4 Å². The average Bonchev–Trinajstić information content (AvgIpc) is 3.41. The zero-order chi connectivity index (χ0) is 27.6. The minimum absolute atomic E-state index is 0.170. The summed E-state index contributed by atoms with van der Waals surface area (Å²) in [4.78, 5) is 1.26. The van der Waals surface area contributed by atoms with E-state index in [0.717, 1.165) is 28.2 Å². The Morgan fingerprint density at radius 1 is 0.789 bits per heavy atom. The Kier molecular flexibility index (Phi) is 6.52. The molecule has 4 aromatic rings. The van der Waals surface area contributed by atoms with E-state index in [0.29, 0.717) is 14.5 Å². The Labute approximate surface area is 225 Å². The summed E-state index contributed by atoms with van der Waals surface area (Å²) < 4.78 is 104. The fourth-order valence-corrected chi connectivity index (χ4v) is 7.53. The molecule has 0 radical (unpaired) electrons. The maximum atomic E-state index is 15.4. The fraction of sp³-hybridized carbons (Fsp3) is 0.214. The fourth-order valence-electron chi connectivity index (χ4n) is 4.60. The second kappa shape index (κ2) is 9.20. The first-order valence-electron chi connectivity index (χ1n) is 11.4. The molecule has 0 fully saturated rings. The highest BCUT2D eigenvalue weighted by molar-refractivity contribution is 7.88. The summed E-state index contributed by atoms with van der Waals surface area (Å²) in [7, 11) is -1.55. The molecule has 0 aliphatic heterocycles. The number of hydrogen-bond donors (Lipinski definition) is 0. The first kappa shape index (κ1) is 26.9. The molecular weight excluding hydrogens is 562 g/mol. The third kappa shape index (κ3) is 3.99. The molecule has 2 aromatic heterocycles. The Bertz CT molecular complexity index is 1640. The zero-order valence-electron chi connectivity index (χ0n) is 20.3. The van der Waals surface area contributed by atoms with Crippen LogP contribution in [0.4, 0.5) is 26.3 Å². The largest absolute Gasteiger partial charge is 0.380 e. The highest BCUT2D eigenvalue weighted by Gasteiger charge is 2.80. The van der Waals surface area contributed by atoms with E-state index in [1.54, 1.807) is 42.5 Å². The minimum Gasteiger partial charge on any atom is -0.250 e. The van der Waals surface area contributed by atoms with E-state index in [4.69, 9.17) is 0 Å². The summed E-state index contributed by atoms with van der Waals surface area (Å²) in [5, 5.41) is 1.57. The predicted molar refractivity (Wildman–Crippen MR) is 144 cm³/mol. The third-order valence-corrected chi connectivity index (χ3v) is 9.73. The molecule has 1 unspecified atom stereocenters. The van der Waals surface area contributed by atoms with Gasteiger partial charge in [0.05, 0.1) is 10.8 Å². The van der Waals surface area contributed by atoms with Crippen LogP contribution in [0.5, 0.6) is 0 Å². The van der Waals surface area contributed by atoms with Crippen LogP contribution in [0.15, 0.2) is 64.9 Å². The van der Waals surface area contributed by atoms with Crippen molar-refractivity contribution < 1.29 is 30.6 Å². The van der Waals surface area contributed by atoms with Gasteiger partial charge in [-0.15, -0.1) is 22.7 Å². The number of benzene rings is 2. The van der Waals surface area contributed by atoms with Gasteiger partial charge in [0.2, 0.25) is 0 Å². The molecule has 10 heteroatoms. The summed E-state index contributed by atoms with van der Waals surface area (Å²) in [6.45, 7) is 4.76. The molecular formula is C28H20F6OS3. The maximum absolute atomic E-state index is 15.4. The minimum atomic E-state index is -5.63. The Morgan fingerprint density at radius 3 is 2.11 bits per heavy atom. The van der Waals surface area contributed by atoms with Gasteiger partial charge < -0.3 is 0 Å². The van der Waals surface area contributed by atoms with E-state index in [1.165, 1.54) is 37.5 Å². The lowest BCUT2D eigenvalue weighted by Gasteiger charge is -2.25. The van der Waals surface area contributed by atoms with E-state index < -0.39 is 39.7 Å². The van der Waals surface area contributed by atoms with E-state index >= 15 is 17.6 Å². The van der Waals surface area contributed by atoms with Gasteiger partial charge in [0, 0.05) is 51.7 Å². The lowest BCUT2D eigenvalue weighted by atomic mass is 9.93. The lowest BCUT2D eigenvalue weighted by molar-refractivity contribution is -0.254. The van der Waals surface area contributed by atoms with Gasteiger partial charge in [-0.25, -0.2) is 4.21 Å². The number of thiophene rings is 2. The molecule has 1 aliphatic rings. The first-order chi connectivity index (χ1) is 17.8. The number of fused-ring (bicyclic) bond motifs is 1. The Morgan fingerprint density at radius 2 is 1.42 bits per heavy atom. The summed E-state index contributed by atoms with van der Waals surface area (Å²) in [6, 6.07) is 14.5. The van der Waals surface area contributed by atoms with Crippen LogP contribution in [-0.4, -0.2) is 22.0 Å². The van der Waals surface area contributed by atoms with Gasteiger partial charge in [-0.3, -0.25) is 0 Å². The molecule has 0 bridgehead atoms. The van der Waals surface area contributed by atoms with E-state index in [1.807, 2.05) is 6.92 Å². The molecule has 0 spiro atoms. The first-order valence-corrected chi connectivity index (χ1v) is 14.3. The molecule has 2 aromatic carbocycles. The highest BCUT2D eigenvalue weighted by Crippen LogP contribution is 2.66. The normalized spacial score (nSPS) is 19.1. The summed E-state index contributed by atoms with van der Waals surface area (Å²) in [5.41, 5.74) is -2.39. The molecule has 0 saturated carbocycles. The molecule has 2 heterocycles. The second-order valence-electron chi connectivity index (χ2n) is 9.03. The van der Waals surface area contributed by atoms with Crippen molar-refractivity contribution in [3.8, 4) is 0 Å². The SMILES string of the molecule is Cc1ccc(S(=O)/C=C/c2cc(C3=C(c4c(C)sc5ccccc45)C(F)(F)C(F)(F)C3(F)F)c(C)s2)cc1. The predicted octanol–water partition coefficient (Wildman–Crippen LogP) is 9.50. The van der Waals surface area contributed by atoms with Gasteiger partial charge >= 0.3 is 17.8 Å². The molecule has 0 amide bonds. The third-order valence-electron chi connectivity index (χ3n) is 6.50. The van der Waals surface area contributed by atoms with Crippen LogP contribution in [0.3, 0.4) is 0 Å². The molecule has 1 atom stereocenters. The van der Waals surface area contributed by atoms with Gasteiger partial charge in [-0.2, -0.15) is 26.3 Å². The van der Waals surface area contributed by atoms with Crippen molar-refractivity contribution in [1.82, 2.24) is 0 Å². The zero-order valence-corrected chi connectivity index (χ0v) is 22.7. The highest BCUT2D eigenvalue weighted by atomic mass is 32.2. The standard InChI is InChI=1S/C28H20F6OS3/c1-15-8-10-19(11-9-15)38(35)13-12-18-14-21(16(2)36-18)24-25(27(31,32)28(33,34)26(24,29)30)23-17(3)37-22-7-5-4-6-20(22)23/h4-14H,1-3H3/b13-12+. The van der Waals surface area contributed by atoms with E-state index in [9.17, 15) is 13.0 Å². The molecule has 1 nitrogen and oxygen atoms in total. The van der Waals surface area contributed by atoms with Crippen LogP contribution >= 0.6 is 22.7 Å². The van der Waals surface area contributed by atoms with Gasteiger partial charge in [0.25, 0.3) is 0 Å². The van der Waals surface area contributed by atoms with Crippen LogP contribution in [0.2, 0.25) is 0 Å². The van der Waals surface area contributed by atoms with Gasteiger partial charge in [-0.05, 0) is 56.7 Å². The number of rotatable bonds is 5. The van der Waals surface area contributed by atoms with Gasteiger partial charge in [0.1, 0.15) is 0 Å². The number of aryl methyl sites for hydroxylation is 3. The molecule has 0 N–H and O–H groups in total. The second-order valence-corrected chi connectivity index (χ2v) is 12.9. The van der Waals surface area contributed by atoms with Crippen molar-refractivity contribution in [2.24, 2.45) is 0 Å². The molecule has 198 valence electrons. The van der Waals surface area contributed by atoms with Crippen LogP contribution in [0.25, 0.3) is 27.3 Å². The number of allylic oxidation sites excluding steroid dienone is 2. The Balaban J connectivity index is 1.68. The van der Waals surface area contributed by atoms with E-state index in [-0.39, 0.29) is 26.3 Å². The molecule has 1 aliphatic carbocycles. The number of alkyl halides is 6. The molecule has 0 saturated heterocycles. The molecule has 5 rings (SSSR count). The number of halogens is 6. The van der Waals surface area contributed by atoms with Crippen LogP contribution in [-0.2, 0) is 10.8 Å². The van der Waals surface area contributed by atoms with Crippen molar-refractivity contribution in [3.05, 3.63) is 91.3 Å². The van der Waals surface area contributed by atoms with Gasteiger partial charge in [-0.1, -0.05) is 35.9 Å². The molecule has 38 heavy (non-hydrogen) atoms. The van der Waals surface area contributed by atoms with Crippen molar-refractivity contribution in [3.63, 3.8) is 0 Å². The van der Waals surface area contributed by atoms with Crippen molar-refractivity contribution in [1.29, 1.82) is 0 Å². The topological polar surface area (TPSA) is 17.1 Å². The average molecular weight is 583 g/mol. The summed E-state index contributed by atoms with van der Waals surface area (Å²) in [6.07, 6.45) is 1.42. The van der Waals surface area contributed by atoms with Crippen LogP contribution < -0.4 is 0 Å². The number of hydrogen-bond acceptors (Lipinski definition) is 3. The quantitative estimate of drug-likeness (QED) is 0.214. The Hall–Kier alpha value is -2.69. The summed E-state index contributed by atoms with van der Waals surface area (Å²) >= 11 is 2.06. The van der Waals surface area contributed by atoms with E-state index in [2.05, 4.69) is 0 Å². The monoisotopic (exact) mass is 582 g/mol. The lowest BCUT2D eigenvalue weighted by Crippen LogP contribution is -2.48. The maximum Gasteiger partial charge on any atom is 0.380 e.